The zero-order valence-electron chi connectivity index (χ0n) is 8.32. The largest absolute Gasteiger partial charge is 0.370 e. The van der Waals surface area contributed by atoms with E-state index in [1.54, 1.807) is 6.07 Å². The van der Waals surface area contributed by atoms with E-state index in [-0.39, 0.29) is 0 Å². The molecule has 0 radical (unpaired) electrons. The molecule has 2 nitrogen and oxygen atoms in total. The van der Waals surface area contributed by atoms with Crippen molar-refractivity contribution >= 4 is 23.6 Å². The Morgan fingerprint density at radius 1 is 1.33 bits per heavy atom. The van der Waals surface area contributed by atoms with Crippen LogP contribution in [0.3, 0.4) is 0 Å². The van der Waals surface area contributed by atoms with Gasteiger partial charge in [-0.1, -0.05) is 11.6 Å². The lowest BCUT2D eigenvalue weighted by atomic mass is 10.2. The Hall–Kier alpha value is -1.02. The monoisotopic (exact) mass is 221 g/mol. The number of nitrogens with zero attached hydrogens (tertiary/aromatic N) is 1. The van der Waals surface area contributed by atoms with E-state index in [1.165, 1.54) is 6.42 Å². The molecule has 1 aromatic carbocycles. The molecule has 15 heavy (non-hydrogen) atoms. The average molecular weight is 222 g/mol. The van der Waals surface area contributed by atoms with Gasteiger partial charge in [0.1, 0.15) is 6.29 Å². The predicted octanol–water partition coefficient (Wildman–Crippen LogP) is 2.61. The van der Waals surface area contributed by atoms with E-state index in [4.69, 9.17) is 11.6 Å². The van der Waals surface area contributed by atoms with Gasteiger partial charge in [0.2, 0.25) is 0 Å². The molecule has 0 amide bonds. The second-order valence-electron chi connectivity index (χ2n) is 4.49. The van der Waals surface area contributed by atoms with Crippen molar-refractivity contribution < 1.29 is 4.79 Å². The zero-order valence-corrected chi connectivity index (χ0v) is 9.07. The Labute approximate surface area is 93.8 Å². The minimum absolute atomic E-state index is 0.646. The van der Waals surface area contributed by atoms with Gasteiger partial charge < -0.3 is 4.90 Å². The Balaban J connectivity index is 1.88. The number of hydrogen-bond acceptors (Lipinski definition) is 2. The number of piperidine rings is 1. The maximum Gasteiger partial charge on any atom is 0.150 e. The molecule has 78 valence electrons. The molecular weight excluding hydrogens is 210 g/mol. The molecule has 1 aromatic rings. The molecule has 1 heterocycles. The molecule has 1 aliphatic carbocycles. The van der Waals surface area contributed by atoms with Gasteiger partial charge in [0.05, 0.1) is 10.7 Å². The van der Waals surface area contributed by atoms with Crippen molar-refractivity contribution in [1.29, 1.82) is 0 Å². The molecule has 2 fully saturated rings. The fourth-order valence-corrected chi connectivity index (χ4v) is 2.76. The molecule has 2 atom stereocenters. The third-order valence-corrected chi connectivity index (χ3v) is 3.73. The van der Waals surface area contributed by atoms with Gasteiger partial charge in [-0.3, -0.25) is 4.79 Å². The first kappa shape index (κ1) is 9.22. The van der Waals surface area contributed by atoms with E-state index in [0.717, 1.165) is 36.9 Å². The summed E-state index contributed by atoms with van der Waals surface area (Å²) in [7, 11) is 0. The van der Waals surface area contributed by atoms with Gasteiger partial charge in [-0.15, -0.1) is 0 Å². The summed E-state index contributed by atoms with van der Waals surface area (Å²) in [5.41, 5.74) is 1.72. The summed E-state index contributed by atoms with van der Waals surface area (Å²) in [5, 5.41) is 0.695. The van der Waals surface area contributed by atoms with Crippen LogP contribution >= 0.6 is 11.6 Å². The van der Waals surface area contributed by atoms with Gasteiger partial charge in [-0.2, -0.15) is 0 Å². The molecule has 3 heteroatoms. The van der Waals surface area contributed by atoms with E-state index >= 15 is 0 Å². The van der Waals surface area contributed by atoms with Gasteiger partial charge in [-0.25, -0.2) is 0 Å². The summed E-state index contributed by atoms with van der Waals surface area (Å²) in [4.78, 5) is 12.9. The second kappa shape index (κ2) is 3.24. The van der Waals surface area contributed by atoms with Crippen LogP contribution in [-0.2, 0) is 0 Å². The zero-order chi connectivity index (χ0) is 10.4. The molecule has 2 unspecified atom stereocenters. The van der Waals surface area contributed by atoms with Crippen molar-refractivity contribution in [2.24, 2.45) is 11.8 Å². The molecular formula is C12H12ClNO. The molecule has 0 bridgehead atoms. The lowest BCUT2D eigenvalue weighted by molar-refractivity contribution is 0.112. The fourth-order valence-electron chi connectivity index (χ4n) is 2.45. The number of aldehydes is 1. The first-order chi connectivity index (χ1) is 7.28. The van der Waals surface area contributed by atoms with E-state index in [9.17, 15) is 4.79 Å². The van der Waals surface area contributed by atoms with Crippen LogP contribution in [0.1, 0.15) is 16.8 Å². The smallest absolute Gasteiger partial charge is 0.150 e. The Kier molecular flexibility index (Phi) is 1.99. The number of fused-ring (bicyclic) bond motifs is 1. The van der Waals surface area contributed by atoms with Crippen molar-refractivity contribution in [2.75, 3.05) is 18.0 Å². The Morgan fingerprint density at radius 3 is 2.67 bits per heavy atom. The van der Waals surface area contributed by atoms with Crippen LogP contribution in [0.15, 0.2) is 18.2 Å². The Morgan fingerprint density at radius 2 is 2.07 bits per heavy atom. The van der Waals surface area contributed by atoms with Gasteiger partial charge in [0.25, 0.3) is 0 Å². The molecule has 0 aromatic heterocycles. The van der Waals surface area contributed by atoms with Crippen molar-refractivity contribution in [3.63, 3.8) is 0 Å². The van der Waals surface area contributed by atoms with Gasteiger partial charge in [0.15, 0.2) is 0 Å². The molecule has 1 saturated carbocycles. The van der Waals surface area contributed by atoms with Crippen LogP contribution in [0.5, 0.6) is 0 Å². The number of benzene rings is 1. The molecule has 0 N–H and O–H groups in total. The summed E-state index contributed by atoms with van der Waals surface area (Å²) in [6, 6.07) is 5.53. The van der Waals surface area contributed by atoms with Crippen LogP contribution < -0.4 is 4.90 Å². The summed E-state index contributed by atoms with van der Waals surface area (Å²) in [5.74, 6) is 1.79. The molecule has 2 aliphatic rings. The van der Waals surface area contributed by atoms with E-state index < -0.39 is 0 Å². The first-order valence-electron chi connectivity index (χ1n) is 5.27. The third-order valence-electron chi connectivity index (χ3n) is 3.43. The van der Waals surface area contributed by atoms with Crippen LogP contribution in [0, 0.1) is 11.8 Å². The number of hydrogen-bond donors (Lipinski definition) is 0. The van der Waals surface area contributed by atoms with Crippen LogP contribution in [0.2, 0.25) is 5.02 Å². The fraction of sp³-hybridized carbons (Fsp3) is 0.417. The first-order valence-corrected chi connectivity index (χ1v) is 5.65. The number of carbonyl (C=O) groups excluding carboxylic acids is 1. The Bertz CT molecular complexity index is 408. The van der Waals surface area contributed by atoms with Crippen LogP contribution in [-0.4, -0.2) is 19.4 Å². The topological polar surface area (TPSA) is 20.3 Å². The predicted molar refractivity (Wildman–Crippen MR) is 60.6 cm³/mol. The van der Waals surface area contributed by atoms with Crippen molar-refractivity contribution in [1.82, 2.24) is 0 Å². The highest BCUT2D eigenvalue weighted by Crippen LogP contribution is 2.47. The van der Waals surface area contributed by atoms with Crippen molar-refractivity contribution in [3.8, 4) is 0 Å². The van der Waals surface area contributed by atoms with Crippen molar-refractivity contribution in [2.45, 2.75) is 6.42 Å². The SMILES string of the molecule is O=Cc1ccc(N2CC3CC3C2)c(Cl)c1. The number of halogens is 1. The van der Waals surface area contributed by atoms with Gasteiger partial charge in [0, 0.05) is 18.7 Å². The maximum atomic E-state index is 10.6. The highest BCUT2D eigenvalue weighted by atomic mass is 35.5. The van der Waals surface area contributed by atoms with E-state index in [1.807, 2.05) is 12.1 Å². The lowest BCUT2D eigenvalue weighted by Crippen LogP contribution is -2.22. The summed E-state index contributed by atoms with van der Waals surface area (Å²) in [6.45, 7) is 2.26. The van der Waals surface area contributed by atoms with Gasteiger partial charge >= 0.3 is 0 Å². The third kappa shape index (κ3) is 1.53. The standard InChI is InChI=1S/C12H12ClNO/c13-11-3-8(7-15)1-2-12(11)14-5-9-4-10(9)6-14/h1-3,7,9-10H,4-6H2. The quantitative estimate of drug-likeness (QED) is 0.716. The molecule has 1 aliphatic heterocycles. The number of rotatable bonds is 2. The molecule has 0 spiro atoms. The maximum absolute atomic E-state index is 10.6. The molecule has 3 rings (SSSR count). The summed E-state index contributed by atoms with van der Waals surface area (Å²) >= 11 is 6.15. The highest BCUT2D eigenvalue weighted by Gasteiger charge is 2.45. The second-order valence-corrected chi connectivity index (χ2v) is 4.90. The van der Waals surface area contributed by atoms with Crippen LogP contribution in [0.4, 0.5) is 5.69 Å². The summed E-state index contributed by atoms with van der Waals surface area (Å²) < 4.78 is 0. The number of carbonyl (C=O) groups is 1. The number of anilines is 1. The van der Waals surface area contributed by atoms with E-state index in [2.05, 4.69) is 4.90 Å². The highest BCUT2D eigenvalue weighted by molar-refractivity contribution is 6.33. The van der Waals surface area contributed by atoms with Crippen LogP contribution in [0.25, 0.3) is 0 Å². The van der Waals surface area contributed by atoms with Crippen molar-refractivity contribution in [3.05, 3.63) is 28.8 Å². The van der Waals surface area contributed by atoms with Gasteiger partial charge in [-0.05, 0) is 36.5 Å². The summed E-state index contributed by atoms with van der Waals surface area (Å²) in [6.07, 6.45) is 2.22. The van der Waals surface area contributed by atoms with E-state index in [0.29, 0.717) is 10.6 Å². The minimum Gasteiger partial charge on any atom is -0.370 e. The lowest BCUT2D eigenvalue weighted by Gasteiger charge is -2.21. The minimum atomic E-state index is 0.646. The molecule has 1 saturated heterocycles. The normalized spacial score (nSPS) is 27.7. The average Bonchev–Trinajstić information content (AvgIpc) is 2.85.